The number of hydrogen-bond acceptors (Lipinski definition) is 6. The summed E-state index contributed by atoms with van der Waals surface area (Å²) < 4.78 is 10.6. The van der Waals surface area contributed by atoms with E-state index < -0.39 is 0 Å². The summed E-state index contributed by atoms with van der Waals surface area (Å²) in [7, 11) is 3.01. The summed E-state index contributed by atoms with van der Waals surface area (Å²) in [5.41, 5.74) is 2.34. The maximum absolute atomic E-state index is 13.1. The van der Waals surface area contributed by atoms with Crippen molar-refractivity contribution in [2.45, 2.75) is 13.2 Å². The van der Waals surface area contributed by atoms with Gasteiger partial charge in [0.05, 0.1) is 27.4 Å². The number of carbonyl (C=O) groups is 1. The fourth-order valence-corrected chi connectivity index (χ4v) is 3.00. The first kappa shape index (κ1) is 17.8. The third kappa shape index (κ3) is 3.00. The van der Waals surface area contributed by atoms with Gasteiger partial charge in [-0.1, -0.05) is 12.1 Å². The molecule has 134 valence electrons. The summed E-state index contributed by atoms with van der Waals surface area (Å²) >= 11 is 0. The van der Waals surface area contributed by atoms with Crippen molar-refractivity contribution in [3.05, 3.63) is 64.8 Å². The van der Waals surface area contributed by atoms with Crippen LogP contribution in [-0.2, 0) is 13.2 Å². The van der Waals surface area contributed by atoms with Crippen LogP contribution < -0.4 is 9.47 Å². The lowest BCUT2D eigenvalue weighted by Crippen LogP contribution is -2.07. The number of nitrogens with zero attached hydrogens (tertiary/aromatic N) is 1. The molecular formula is C20H19NO5. The highest BCUT2D eigenvalue weighted by atomic mass is 16.5. The zero-order valence-electron chi connectivity index (χ0n) is 14.5. The normalized spacial score (nSPS) is 10.8. The average molecular weight is 353 g/mol. The minimum Gasteiger partial charge on any atom is -0.496 e. The summed E-state index contributed by atoms with van der Waals surface area (Å²) in [6, 6.07) is 10.2. The lowest BCUT2D eigenvalue weighted by Gasteiger charge is -2.14. The van der Waals surface area contributed by atoms with Gasteiger partial charge in [0.25, 0.3) is 0 Å². The Balaban J connectivity index is 2.18. The van der Waals surface area contributed by atoms with Crippen LogP contribution in [0, 0.1) is 0 Å². The molecule has 1 aromatic heterocycles. The molecule has 0 atom stereocenters. The van der Waals surface area contributed by atoms with Gasteiger partial charge in [0, 0.05) is 28.3 Å². The van der Waals surface area contributed by atoms with Crippen LogP contribution in [0.5, 0.6) is 11.5 Å². The predicted octanol–water partition coefficient (Wildman–Crippen LogP) is 2.47. The van der Waals surface area contributed by atoms with Crippen molar-refractivity contribution in [3.63, 3.8) is 0 Å². The van der Waals surface area contributed by atoms with Gasteiger partial charge in [-0.05, 0) is 29.8 Å². The van der Waals surface area contributed by atoms with Crippen LogP contribution in [0.1, 0.15) is 27.0 Å². The van der Waals surface area contributed by atoms with Crippen molar-refractivity contribution in [2.24, 2.45) is 0 Å². The molecule has 6 nitrogen and oxygen atoms in total. The second-order valence-electron chi connectivity index (χ2n) is 5.68. The summed E-state index contributed by atoms with van der Waals surface area (Å²) in [6.45, 7) is -0.596. The first-order chi connectivity index (χ1) is 12.6. The van der Waals surface area contributed by atoms with Gasteiger partial charge < -0.3 is 19.7 Å². The van der Waals surface area contributed by atoms with Crippen LogP contribution in [-0.4, -0.2) is 35.2 Å². The van der Waals surface area contributed by atoms with E-state index in [1.54, 1.807) is 43.6 Å². The Kier molecular flexibility index (Phi) is 5.16. The lowest BCUT2D eigenvalue weighted by atomic mass is 9.95. The molecule has 0 radical (unpaired) electrons. The van der Waals surface area contributed by atoms with Gasteiger partial charge in [0.1, 0.15) is 17.0 Å². The van der Waals surface area contributed by atoms with Crippen molar-refractivity contribution in [1.29, 1.82) is 0 Å². The summed E-state index contributed by atoms with van der Waals surface area (Å²) in [5, 5.41) is 19.8. The fourth-order valence-electron chi connectivity index (χ4n) is 3.00. The average Bonchev–Trinajstić information content (AvgIpc) is 2.70. The molecule has 0 fully saturated rings. The van der Waals surface area contributed by atoms with Gasteiger partial charge in [-0.25, -0.2) is 0 Å². The SMILES string of the molecule is COc1cc(C(=O)c2ccnc3c(OC)cccc23)cc(CO)c1CO. The molecule has 0 saturated heterocycles. The van der Waals surface area contributed by atoms with Gasteiger partial charge >= 0.3 is 0 Å². The number of para-hydroxylation sites is 1. The molecule has 0 bridgehead atoms. The van der Waals surface area contributed by atoms with E-state index >= 15 is 0 Å². The number of aliphatic hydroxyl groups excluding tert-OH is 2. The van der Waals surface area contributed by atoms with Crippen molar-refractivity contribution in [1.82, 2.24) is 4.98 Å². The maximum Gasteiger partial charge on any atom is 0.193 e. The summed E-state index contributed by atoms with van der Waals surface area (Å²) in [5.74, 6) is 0.711. The standard InChI is InChI=1S/C20H19NO5/c1-25-17-5-3-4-14-15(6-7-21-19(14)17)20(24)12-8-13(10-22)16(11-23)18(9-12)26-2/h3-9,22-23H,10-11H2,1-2H3. The quantitative estimate of drug-likeness (QED) is 0.662. The van der Waals surface area contributed by atoms with Gasteiger partial charge in [0.2, 0.25) is 0 Å². The number of rotatable bonds is 6. The molecule has 0 aliphatic heterocycles. The highest BCUT2D eigenvalue weighted by Gasteiger charge is 2.18. The molecule has 0 saturated carbocycles. The van der Waals surface area contributed by atoms with Gasteiger partial charge in [-0.15, -0.1) is 0 Å². The van der Waals surface area contributed by atoms with E-state index in [1.807, 2.05) is 6.07 Å². The number of aromatic nitrogens is 1. The highest BCUT2D eigenvalue weighted by molar-refractivity contribution is 6.16. The molecule has 0 aliphatic rings. The Hall–Kier alpha value is -2.96. The Morgan fingerprint density at radius 3 is 2.46 bits per heavy atom. The highest BCUT2D eigenvalue weighted by Crippen LogP contribution is 2.30. The number of ketones is 1. The molecule has 6 heteroatoms. The smallest absolute Gasteiger partial charge is 0.193 e. The molecule has 2 aromatic carbocycles. The van der Waals surface area contributed by atoms with Gasteiger partial charge in [-0.3, -0.25) is 9.78 Å². The molecule has 0 spiro atoms. The monoisotopic (exact) mass is 353 g/mol. The topological polar surface area (TPSA) is 88.9 Å². The number of pyridine rings is 1. The van der Waals surface area contributed by atoms with E-state index in [1.165, 1.54) is 7.11 Å². The Morgan fingerprint density at radius 2 is 1.81 bits per heavy atom. The Labute approximate surface area is 150 Å². The predicted molar refractivity (Wildman–Crippen MR) is 96.6 cm³/mol. The van der Waals surface area contributed by atoms with Crippen molar-refractivity contribution >= 4 is 16.7 Å². The fraction of sp³-hybridized carbons (Fsp3) is 0.200. The van der Waals surface area contributed by atoms with E-state index in [0.29, 0.717) is 44.7 Å². The lowest BCUT2D eigenvalue weighted by molar-refractivity contribution is 0.103. The third-order valence-corrected chi connectivity index (χ3v) is 4.31. The zero-order chi connectivity index (χ0) is 18.7. The third-order valence-electron chi connectivity index (χ3n) is 4.31. The Morgan fingerprint density at radius 1 is 1.04 bits per heavy atom. The van der Waals surface area contributed by atoms with E-state index in [-0.39, 0.29) is 19.0 Å². The van der Waals surface area contributed by atoms with Gasteiger partial charge in [-0.2, -0.15) is 0 Å². The molecule has 26 heavy (non-hydrogen) atoms. The first-order valence-electron chi connectivity index (χ1n) is 8.02. The van der Waals surface area contributed by atoms with E-state index in [0.717, 1.165) is 0 Å². The summed E-state index contributed by atoms with van der Waals surface area (Å²) in [6.07, 6.45) is 1.56. The van der Waals surface area contributed by atoms with Crippen molar-refractivity contribution in [3.8, 4) is 11.5 Å². The van der Waals surface area contributed by atoms with Crippen LogP contribution in [0.2, 0.25) is 0 Å². The second kappa shape index (κ2) is 7.51. The number of methoxy groups -OCH3 is 2. The second-order valence-corrected chi connectivity index (χ2v) is 5.68. The van der Waals surface area contributed by atoms with Gasteiger partial charge in [0.15, 0.2) is 5.78 Å². The van der Waals surface area contributed by atoms with E-state index in [4.69, 9.17) is 9.47 Å². The maximum atomic E-state index is 13.1. The molecule has 1 heterocycles. The minimum absolute atomic E-state index is 0.233. The van der Waals surface area contributed by atoms with Crippen molar-refractivity contribution < 1.29 is 24.5 Å². The first-order valence-corrected chi connectivity index (χ1v) is 8.02. The van der Waals surface area contributed by atoms with E-state index in [9.17, 15) is 15.0 Å². The number of carbonyl (C=O) groups excluding carboxylic acids is 1. The van der Waals surface area contributed by atoms with Crippen molar-refractivity contribution in [2.75, 3.05) is 14.2 Å². The number of hydrogen-bond donors (Lipinski definition) is 2. The molecule has 3 aromatic rings. The number of fused-ring (bicyclic) bond motifs is 1. The molecule has 0 aliphatic carbocycles. The number of benzene rings is 2. The van der Waals surface area contributed by atoms with Crippen LogP contribution in [0.15, 0.2) is 42.6 Å². The minimum atomic E-state index is -0.307. The number of ether oxygens (including phenoxy) is 2. The molecular weight excluding hydrogens is 334 g/mol. The van der Waals surface area contributed by atoms with Crippen LogP contribution in [0.3, 0.4) is 0 Å². The van der Waals surface area contributed by atoms with E-state index in [2.05, 4.69) is 4.98 Å². The number of aliphatic hydroxyl groups is 2. The molecule has 3 rings (SSSR count). The largest absolute Gasteiger partial charge is 0.496 e. The molecule has 0 amide bonds. The van der Waals surface area contributed by atoms with Crippen LogP contribution in [0.25, 0.3) is 10.9 Å². The molecule has 2 N–H and O–H groups in total. The zero-order valence-corrected chi connectivity index (χ0v) is 14.5. The van der Waals surface area contributed by atoms with Crippen LogP contribution in [0.4, 0.5) is 0 Å². The Bertz CT molecular complexity index is 943. The van der Waals surface area contributed by atoms with Crippen LogP contribution >= 0.6 is 0 Å². The summed E-state index contributed by atoms with van der Waals surface area (Å²) in [4.78, 5) is 17.4. The molecule has 0 unspecified atom stereocenters.